The minimum atomic E-state index is 0.668. The molecule has 16 aromatic rings. The van der Waals surface area contributed by atoms with E-state index in [9.17, 15) is 0 Å². The first-order valence-electron chi connectivity index (χ1n) is 37.2. The van der Waals surface area contributed by atoms with Crippen molar-refractivity contribution in [1.29, 1.82) is 0 Å². The molecule has 0 fully saturated rings. The predicted molar refractivity (Wildman–Crippen MR) is 461 cm³/mol. The Morgan fingerprint density at radius 2 is 0.287 bits per heavy atom. The van der Waals surface area contributed by atoms with Crippen molar-refractivity contribution in [2.24, 2.45) is 0 Å². The highest BCUT2D eigenvalue weighted by Gasteiger charge is 2.19. The van der Waals surface area contributed by atoms with Crippen molar-refractivity contribution in [2.75, 3.05) is 22.9 Å². The molecule has 108 heavy (non-hydrogen) atoms. The minimum Gasteiger partial charge on any atom is -0.340 e. The van der Waals surface area contributed by atoms with Gasteiger partial charge < -0.3 is 9.80 Å². The van der Waals surface area contributed by atoms with E-state index in [1.54, 1.807) is 0 Å². The van der Waals surface area contributed by atoms with Gasteiger partial charge in [-0.3, -0.25) is 0 Å². The second-order valence-corrected chi connectivity index (χ2v) is 27.1. The van der Waals surface area contributed by atoms with E-state index in [4.69, 9.17) is 0 Å². The van der Waals surface area contributed by atoms with Gasteiger partial charge in [0.25, 0.3) is 0 Å². The van der Waals surface area contributed by atoms with Crippen molar-refractivity contribution in [3.63, 3.8) is 0 Å². The number of benzene rings is 16. The lowest BCUT2D eigenvalue weighted by Gasteiger charge is -2.31. The quantitative estimate of drug-likeness (QED) is 0.0589. The molecule has 16 aromatic carbocycles. The molecule has 2 heteroatoms. The van der Waals surface area contributed by atoms with Crippen LogP contribution in [0, 0.1) is 0 Å². The van der Waals surface area contributed by atoms with Gasteiger partial charge in [-0.15, -0.1) is 0 Å². The Kier molecular flexibility index (Phi) is 21.1. The molecule has 0 N–H and O–H groups in total. The summed E-state index contributed by atoms with van der Waals surface area (Å²) < 4.78 is 0. The van der Waals surface area contributed by atoms with Gasteiger partial charge in [-0.05, 0) is 206 Å². The van der Waals surface area contributed by atoms with Crippen molar-refractivity contribution in [1.82, 2.24) is 0 Å². The topological polar surface area (TPSA) is 6.48 Å². The molecule has 0 heterocycles. The van der Waals surface area contributed by atoms with Gasteiger partial charge in [0.1, 0.15) is 0 Å². The van der Waals surface area contributed by atoms with E-state index in [2.05, 4.69) is 471 Å². The number of hydrogen-bond acceptors (Lipinski definition) is 2. The second-order valence-electron chi connectivity index (χ2n) is 27.1. The Hall–Kier alpha value is -13.9. The molecule has 16 rings (SSSR count). The van der Waals surface area contributed by atoms with Crippen LogP contribution in [0.4, 0.5) is 22.7 Å². The summed E-state index contributed by atoms with van der Waals surface area (Å²) in [6, 6.07) is 158. The average Bonchev–Trinajstić information content (AvgIpc) is 0.808. The van der Waals surface area contributed by atoms with E-state index >= 15 is 0 Å². The van der Waals surface area contributed by atoms with E-state index in [-0.39, 0.29) is 0 Å². The third-order valence-electron chi connectivity index (χ3n) is 20.2. The van der Waals surface area contributed by atoms with Crippen LogP contribution in [-0.4, -0.2) is 13.1 Å². The number of nitrogens with zero attached hydrogens (tertiary/aromatic N) is 2. The van der Waals surface area contributed by atoms with Gasteiger partial charge in [-0.2, -0.15) is 0 Å². The van der Waals surface area contributed by atoms with E-state index in [1.807, 2.05) is 0 Å². The molecule has 0 amide bonds. The van der Waals surface area contributed by atoms with Crippen LogP contribution in [0.15, 0.2) is 437 Å². The standard InChI is InChI=1S/C106H80N2/c1-9-25-79(26-10-1)75-103(91-33-17-5-18-34-91)95-49-41-83(42-50-95)87-57-65-99(66-58-87)107(100-67-59-88(60-68-100)84-43-51-96(52-44-84)104(92-35-19-6-20-36-92)76-80-27-11-2-12-28-80)73-74-108(101-69-61-89(62-70-101)85-45-53-97(54-46-85)105(93-37-21-7-22-38-93)77-81-29-13-3-14-30-81)102-71-63-90(64-72-102)86-47-55-98(56-48-86)106(94-39-23-8-24-40-94)78-82-31-15-4-16-32-82/h1-72,75-78H,73-74H2. The molecule has 0 radical (unpaired) electrons. The summed E-state index contributed by atoms with van der Waals surface area (Å²) in [6.45, 7) is 1.34. The zero-order valence-electron chi connectivity index (χ0n) is 60.2. The predicted octanol–water partition coefficient (Wildman–Crippen LogP) is 27.7. The summed E-state index contributed by atoms with van der Waals surface area (Å²) in [5, 5.41) is 0. The van der Waals surface area contributed by atoms with Crippen LogP contribution in [0.2, 0.25) is 0 Å². The molecule has 0 aliphatic rings. The SMILES string of the molecule is C(=C(c1ccccc1)c1ccc(-c2ccc(N(CCN(c3ccc(-c4ccc(C(=Cc5ccccc5)c5ccccc5)cc4)cc3)c3ccc(-c4ccc(C(=Cc5ccccc5)c5ccccc5)cc4)cc3)c3ccc(-c4ccc(C(=Cc5ccccc5)c5ccccc5)cc4)cc3)cc2)cc1)c1ccccc1. The molecule has 0 aliphatic heterocycles. The zero-order valence-corrected chi connectivity index (χ0v) is 60.2. The van der Waals surface area contributed by atoms with Crippen LogP contribution < -0.4 is 9.80 Å². The molecule has 0 saturated heterocycles. The molecule has 2 nitrogen and oxygen atoms in total. The first-order chi connectivity index (χ1) is 53.5. The molecule has 0 aromatic heterocycles. The second kappa shape index (κ2) is 33.2. The highest BCUT2D eigenvalue weighted by molar-refractivity contribution is 5.96. The van der Waals surface area contributed by atoms with Crippen LogP contribution in [0.3, 0.4) is 0 Å². The summed E-state index contributed by atoms with van der Waals surface area (Å²) in [4.78, 5) is 4.96. The van der Waals surface area contributed by atoms with Gasteiger partial charge in [-0.1, -0.05) is 388 Å². The Bertz CT molecular complexity index is 4960. The van der Waals surface area contributed by atoms with Crippen molar-refractivity contribution in [2.45, 2.75) is 0 Å². The third kappa shape index (κ3) is 16.5. The zero-order chi connectivity index (χ0) is 72.5. The normalized spacial score (nSPS) is 11.8. The molecular formula is C106H80N2. The van der Waals surface area contributed by atoms with Crippen molar-refractivity contribution >= 4 is 69.3 Å². The van der Waals surface area contributed by atoms with Crippen LogP contribution in [0.1, 0.15) is 66.8 Å². The molecule has 0 aliphatic carbocycles. The van der Waals surface area contributed by atoms with Gasteiger partial charge in [-0.25, -0.2) is 0 Å². The van der Waals surface area contributed by atoms with Crippen LogP contribution in [-0.2, 0) is 0 Å². The fraction of sp³-hybridized carbons (Fsp3) is 0.0189. The molecule has 0 bridgehead atoms. The van der Waals surface area contributed by atoms with Crippen LogP contribution >= 0.6 is 0 Å². The van der Waals surface area contributed by atoms with Gasteiger partial charge >= 0.3 is 0 Å². The van der Waals surface area contributed by atoms with Crippen LogP contribution in [0.5, 0.6) is 0 Å². The van der Waals surface area contributed by atoms with E-state index in [0.717, 1.165) is 67.3 Å². The smallest absolute Gasteiger partial charge is 0.0411 e. The highest BCUT2D eigenvalue weighted by Crippen LogP contribution is 2.39. The first kappa shape index (κ1) is 68.5. The van der Waals surface area contributed by atoms with Crippen LogP contribution in [0.25, 0.3) is 91.1 Å². The monoisotopic (exact) mass is 1380 g/mol. The Balaban J connectivity index is 0.735. The third-order valence-corrected chi connectivity index (χ3v) is 20.2. The largest absolute Gasteiger partial charge is 0.340 e. The average molecular weight is 1380 g/mol. The van der Waals surface area contributed by atoms with Gasteiger partial charge in [0, 0.05) is 35.8 Å². The lowest BCUT2D eigenvalue weighted by atomic mass is 9.94. The maximum atomic E-state index is 2.48. The van der Waals surface area contributed by atoms with E-state index in [1.165, 1.54) is 89.1 Å². The molecule has 0 spiro atoms. The van der Waals surface area contributed by atoms with Gasteiger partial charge in [0.2, 0.25) is 0 Å². The summed E-state index contributed by atoms with van der Waals surface area (Å²) in [5.41, 5.74) is 32.4. The Labute approximate surface area is 636 Å². The summed E-state index contributed by atoms with van der Waals surface area (Å²) >= 11 is 0. The number of hydrogen-bond donors (Lipinski definition) is 0. The molecular weight excluding hydrogens is 1300 g/mol. The highest BCUT2D eigenvalue weighted by atomic mass is 15.2. The van der Waals surface area contributed by atoms with E-state index in [0.29, 0.717) is 13.1 Å². The van der Waals surface area contributed by atoms with Gasteiger partial charge in [0.05, 0.1) is 0 Å². The summed E-state index contributed by atoms with van der Waals surface area (Å²) in [6.07, 6.45) is 9.15. The lowest BCUT2D eigenvalue weighted by Crippen LogP contribution is -2.30. The van der Waals surface area contributed by atoms with E-state index < -0.39 is 0 Å². The van der Waals surface area contributed by atoms with Crippen molar-refractivity contribution in [3.8, 4) is 44.5 Å². The summed E-state index contributed by atoms with van der Waals surface area (Å²) in [5.74, 6) is 0. The molecule has 0 saturated carbocycles. The van der Waals surface area contributed by atoms with Gasteiger partial charge in [0.15, 0.2) is 0 Å². The first-order valence-corrected chi connectivity index (χ1v) is 37.2. The molecule has 514 valence electrons. The van der Waals surface area contributed by atoms with Crippen molar-refractivity contribution < 1.29 is 0 Å². The fourth-order valence-corrected chi connectivity index (χ4v) is 14.4. The Morgan fingerprint density at radius 3 is 0.454 bits per heavy atom. The lowest BCUT2D eigenvalue weighted by molar-refractivity contribution is 0.886. The van der Waals surface area contributed by atoms with Crippen molar-refractivity contribution in [3.05, 3.63) is 504 Å². The minimum absolute atomic E-state index is 0.668. The fourth-order valence-electron chi connectivity index (χ4n) is 14.4. The number of rotatable bonds is 23. The number of anilines is 4. The molecule has 0 atom stereocenters. The maximum Gasteiger partial charge on any atom is 0.0411 e. The maximum absolute atomic E-state index is 2.48. The summed E-state index contributed by atoms with van der Waals surface area (Å²) in [7, 11) is 0. The molecule has 0 unspecified atom stereocenters. The Morgan fingerprint density at radius 1 is 0.148 bits per heavy atom.